The average Bonchev–Trinajstić information content (AvgIpc) is 3.15. The number of halogens is 3. The predicted molar refractivity (Wildman–Crippen MR) is 104 cm³/mol. The summed E-state index contributed by atoms with van der Waals surface area (Å²) < 4.78 is 42.0. The smallest absolute Gasteiger partial charge is 0.298 e. The van der Waals surface area contributed by atoms with Crippen LogP contribution in [-0.2, 0) is 20.1 Å². The van der Waals surface area contributed by atoms with E-state index in [1.165, 1.54) is 16.8 Å². The van der Waals surface area contributed by atoms with Crippen molar-refractivity contribution >= 4 is 10.9 Å². The molecule has 1 aliphatic rings. The highest BCUT2D eigenvalue weighted by atomic mass is 19.4. The maximum atomic E-state index is 13.3. The zero-order valence-electron chi connectivity index (χ0n) is 16.3. The Balaban J connectivity index is 1.80. The van der Waals surface area contributed by atoms with E-state index in [1.807, 2.05) is 4.90 Å². The van der Waals surface area contributed by atoms with Crippen LogP contribution in [0.3, 0.4) is 0 Å². The highest BCUT2D eigenvalue weighted by Gasteiger charge is 2.35. The van der Waals surface area contributed by atoms with Gasteiger partial charge in [0.2, 0.25) is 0 Å². The Morgan fingerprint density at radius 3 is 2.70 bits per heavy atom. The number of para-hydroxylation sites is 1. The van der Waals surface area contributed by atoms with E-state index in [2.05, 4.69) is 9.97 Å². The number of hydrogen-bond acceptors (Lipinski definition) is 5. The molecule has 0 radical (unpaired) electrons. The van der Waals surface area contributed by atoms with Crippen LogP contribution < -0.4 is 11.2 Å². The summed E-state index contributed by atoms with van der Waals surface area (Å²) in [5, 5.41) is 0.159. The Morgan fingerprint density at radius 2 is 1.93 bits per heavy atom. The number of alkyl halides is 3. The molecular weight excluding hydrogens is 399 g/mol. The second-order valence-electron chi connectivity index (χ2n) is 7.40. The fraction of sp³-hybridized carbons (Fsp3) is 0.400. The van der Waals surface area contributed by atoms with Crippen molar-refractivity contribution < 1.29 is 13.2 Å². The van der Waals surface area contributed by atoms with Crippen LogP contribution in [0.15, 0.2) is 46.1 Å². The molecule has 3 heterocycles. The van der Waals surface area contributed by atoms with Crippen molar-refractivity contribution in [2.45, 2.75) is 38.1 Å². The monoisotopic (exact) mass is 419 g/mol. The molecule has 1 atom stereocenters. The van der Waals surface area contributed by atoms with E-state index in [0.717, 1.165) is 11.0 Å². The van der Waals surface area contributed by atoms with Crippen molar-refractivity contribution in [1.29, 1.82) is 0 Å². The number of rotatable bonds is 4. The van der Waals surface area contributed by atoms with Crippen LogP contribution in [0.4, 0.5) is 13.2 Å². The van der Waals surface area contributed by atoms with Gasteiger partial charge < -0.3 is 0 Å². The van der Waals surface area contributed by atoms with Gasteiger partial charge in [-0.1, -0.05) is 12.1 Å². The highest BCUT2D eigenvalue weighted by molar-refractivity contribution is 5.77. The van der Waals surface area contributed by atoms with Gasteiger partial charge in [-0.05, 0) is 37.6 Å². The summed E-state index contributed by atoms with van der Waals surface area (Å²) in [6.45, 7) is -0.430. The van der Waals surface area contributed by atoms with Crippen LogP contribution >= 0.6 is 0 Å². The molecule has 0 amide bonds. The van der Waals surface area contributed by atoms with Crippen molar-refractivity contribution in [2.24, 2.45) is 7.05 Å². The first-order valence-electron chi connectivity index (χ1n) is 9.56. The van der Waals surface area contributed by atoms with Gasteiger partial charge in [-0.15, -0.1) is 0 Å². The molecule has 0 N–H and O–H groups in total. The zero-order chi connectivity index (χ0) is 21.5. The fourth-order valence-electron chi connectivity index (χ4n) is 3.95. The summed E-state index contributed by atoms with van der Waals surface area (Å²) in [5.74, 6) is 0.104. The Labute approximate surface area is 169 Å². The average molecular weight is 419 g/mol. The van der Waals surface area contributed by atoms with Crippen LogP contribution in [-0.4, -0.2) is 36.7 Å². The quantitative estimate of drug-likeness (QED) is 0.649. The second kappa shape index (κ2) is 7.67. The molecule has 1 saturated heterocycles. The summed E-state index contributed by atoms with van der Waals surface area (Å²) in [5.41, 5.74) is -0.0383. The molecule has 158 valence electrons. The topological polar surface area (TPSA) is 73.0 Å². The number of nitrogens with zero attached hydrogens (tertiary/aromatic N) is 5. The molecule has 1 fully saturated rings. The van der Waals surface area contributed by atoms with Gasteiger partial charge in [0.15, 0.2) is 0 Å². The summed E-state index contributed by atoms with van der Waals surface area (Å²) >= 11 is 0. The number of fused-ring (bicyclic) bond motifs is 1. The molecule has 1 unspecified atom stereocenters. The SMILES string of the molecule is Cn1c(CN2CCCC2c2nc3ccccc3c(=O)n2CC(F)(F)F)ccnc1=O. The summed E-state index contributed by atoms with van der Waals surface area (Å²) in [6.07, 6.45) is -1.82. The second-order valence-corrected chi connectivity index (χ2v) is 7.40. The molecule has 7 nitrogen and oxygen atoms in total. The lowest BCUT2D eigenvalue weighted by Crippen LogP contribution is -2.36. The van der Waals surface area contributed by atoms with E-state index < -0.39 is 30.0 Å². The molecule has 10 heteroatoms. The Bertz CT molecular complexity index is 1200. The van der Waals surface area contributed by atoms with Gasteiger partial charge in [0.25, 0.3) is 5.56 Å². The van der Waals surface area contributed by atoms with Crippen molar-refractivity contribution in [3.63, 3.8) is 0 Å². The van der Waals surface area contributed by atoms with Crippen LogP contribution in [0.1, 0.15) is 30.4 Å². The maximum absolute atomic E-state index is 13.3. The molecule has 3 aromatic rings. The van der Waals surface area contributed by atoms with Gasteiger partial charge in [0.1, 0.15) is 12.4 Å². The normalized spacial score (nSPS) is 17.7. The number of hydrogen-bond donors (Lipinski definition) is 0. The Hall–Kier alpha value is -3.01. The Kier molecular flexibility index (Phi) is 5.19. The first-order valence-corrected chi connectivity index (χ1v) is 9.56. The van der Waals surface area contributed by atoms with E-state index in [4.69, 9.17) is 0 Å². The summed E-state index contributed by atoms with van der Waals surface area (Å²) in [4.78, 5) is 34.8. The van der Waals surface area contributed by atoms with Gasteiger partial charge in [-0.2, -0.15) is 13.2 Å². The standard InChI is InChI=1S/C20H20F3N5O2/c1-26-13(8-9-24-19(26)30)11-27-10-4-7-16(27)17-25-15-6-3-2-5-14(15)18(29)28(17)12-20(21,22)23/h2-3,5-6,8-9,16H,4,7,10-12H2,1H3. The van der Waals surface area contributed by atoms with E-state index >= 15 is 0 Å². The molecule has 0 bridgehead atoms. The van der Waals surface area contributed by atoms with Crippen LogP contribution in [0.5, 0.6) is 0 Å². The van der Waals surface area contributed by atoms with Crippen LogP contribution in [0.25, 0.3) is 10.9 Å². The lowest BCUT2D eigenvalue weighted by Gasteiger charge is -2.27. The van der Waals surface area contributed by atoms with Crippen molar-refractivity contribution in [1.82, 2.24) is 24.0 Å². The van der Waals surface area contributed by atoms with Crippen molar-refractivity contribution in [3.8, 4) is 0 Å². The van der Waals surface area contributed by atoms with Crippen LogP contribution in [0, 0.1) is 0 Å². The van der Waals surface area contributed by atoms with Gasteiger partial charge >= 0.3 is 11.9 Å². The molecule has 2 aromatic heterocycles. The zero-order valence-corrected chi connectivity index (χ0v) is 16.3. The molecule has 0 saturated carbocycles. The molecule has 4 rings (SSSR count). The maximum Gasteiger partial charge on any atom is 0.406 e. The minimum atomic E-state index is -4.55. The van der Waals surface area contributed by atoms with Gasteiger partial charge in [0.05, 0.1) is 16.9 Å². The molecule has 0 aliphatic carbocycles. The number of benzene rings is 1. The van der Waals surface area contributed by atoms with Gasteiger partial charge in [-0.3, -0.25) is 18.8 Å². The largest absolute Gasteiger partial charge is 0.406 e. The van der Waals surface area contributed by atoms with E-state index in [9.17, 15) is 22.8 Å². The highest BCUT2D eigenvalue weighted by Crippen LogP contribution is 2.33. The third-order valence-electron chi connectivity index (χ3n) is 5.42. The minimum absolute atomic E-state index is 0.104. The molecule has 0 spiro atoms. The third kappa shape index (κ3) is 3.87. The van der Waals surface area contributed by atoms with Gasteiger partial charge in [-0.25, -0.2) is 14.8 Å². The van der Waals surface area contributed by atoms with Crippen LogP contribution in [0.2, 0.25) is 0 Å². The first-order chi connectivity index (χ1) is 14.2. The Morgan fingerprint density at radius 1 is 1.17 bits per heavy atom. The van der Waals surface area contributed by atoms with Crippen molar-refractivity contribution in [3.05, 3.63) is 68.9 Å². The molecule has 1 aliphatic heterocycles. The summed E-state index contributed by atoms with van der Waals surface area (Å²) in [7, 11) is 1.60. The first kappa shape index (κ1) is 20.3. The summed E-state index contributed by atoms with van der Waals surface area (Å²) in [6, 6.07) is 7.66. The number of aromatic nitrogens is 4. The van der Waals surface area contributed by atoms with Crippen molar-refractivity contribution in [2.75, 3.05) is 6.54 Å². The van der Waals surface area contributed by atoms with E-state index in [0.29, 0.717) is 30.7 Å². The molecular formula is C20H20F3N5O2. The van der Waals surface area contributed by atoms with E-state index in [1.54, 1.807) is 31.3 Å². The molecule has 1 aromatic carbocycles. The molecule has 30 heavy (non-hydrogen) atoms. The van der Waals surface area contributed by atoms with Gasteiger partial charge in [0, 0.05) is 25.5 Å². The van der Waals surface area contributed by atoms with E-state index in [-0.39, 0.29) is 11.2 Å². The lowest BCUT2D eigenvalue weighted by atomic mass is 10.1. The number of likely N-dealkylation sites (tertiary alicyclic amines) is 1. The predicted octanol–water partition coefficient (Wildman–Crippen LogP) is 2.39. The third-order valence-corrected chi connectivity index (χ3v) is 5.42. The fourth-order valence-corrected chi connectivity index (χ4v) is 3.95. The lowest BCUT2D eigenvalue weighted by molar-refractivity contribution is -0.142. The minimum Gasteiger partial charge on any atom is -0.298 e.